The Morgan fingerprint density at radius 1 is 0.590 bits per heavy atom. The maximum atomic E-state index is 10.2. The number of benzene rings is 2. The molecule has 0 unspecified atom stereocenters. The number of phenols is 1. The highest BCUT2D eigenvalue weighted by Crippen LogP contribution is 2.29. The zero-order chi connectivity index (χ0) is 28.3. The average molecular weight is 553 g/mol. The molecule has 39 heavy (non-hydrogen) atoms. The molecule has 2 aromatic carbocycles. The standard InChI is InChI=1S/C26H32O13/c27-10-17-19(30)21(32)23(34)25(38-17)36-15-5-3-12(4-6-15)1-2-13-7-14(29)9-16(8-13)37-26-24(35)22(33)20(31)18(11-28)39-26/h1-9,17-35H,10-11H2/b2-1+/t17-,18-,19+,20+,21+,22+,23-,24-,25-,26-/m1/s1. The van der Waals surface area contributed by atoms with Gasteiger partial charge in [-0.2, -0.15) is 0 Å². The van der Waals surface area contributed by atoms with Crippen LogP contribution in [0.25, 0.3) is 12.2 Å². The fourth-order valence-electron chi connectivity index (χ4n) is 4.22. The maximum absolute atomic E-state index is 10.2. The van der Waals surface area contributed by atoms with E-state index >= 15 is 0 Å². The predicted molar refractivity (Wildman–Crippen MR) is 132 cm³/mol. The molecule has 13 heteroatoms. The highest BCUT2D eigenvalue weighted by Gasteiger charge is 2.45. The molecule has 214 valence electrons. The van der Waals surface area contributed by atoms with Gasteiger partial charge in [0.05, 0.1) is 13.2 Å². The first-order chi connectivity index (χ1) is 18.6. The quantitative estimate of drug-likeness (QED) is 0.161. The maximum Gasteiger partial charge on any atom is 0.229 e. The van der Waals surface area contributed by atoms with Gasteiger partial charge in [0.15, 0.2) is 0 Å². The Morgan fingerprint density at radius 3 is 1.59 bits per heavy atom. The van der Waals surface area contributed by atoms with E-state index in [1.54, 1.807) is 36.4 Å². The predicted octanol–water partition coefficient (Wildman–Crippen LogP) is -2.08. The number of ether oxygens (including phenoxy) is 4. The van der Waals surface area contributed by atoms with Crippen molar-refractivity contribution in [1.82, 2.24) is 0 Å². The Bertz CT molecular complexity index is 1110. The molecule has 0 spiro atoms. The first-order valence-corrected chi connectivity index (χ1v) is 12.2. The summed E-state index contributed by atoms with van der Waals surface area (Å²) in [6.45, 7) is -1.18. The van der Waals surface area contributed by atoms with E-state index in [1.165, 1.54) is 18.2 Å². The number of phenolic OH excluding ortho intramolecular Hbond substituents is 1. The molecular formula is C26H32O13. The molecule has 10 atom stereocenters. The molecule has 4 rings (SSSR count). The van der Waals surface area contributed by atoms with Crippen molar-refractivity contribution in [3.63, 3.8) is 0 Å². The van der Waals surface area contributed by atoms with Crippen LogP contribution in [0.2, 0.25) is 0 Å². The monoisotopic (exact) mass is 552 g/mol. The van der Waals surface area contributed by atoms with Gasteiger partial charge in [-0.3, -0.25) is 0 Å². The van der Waals surface area contributed by atoms with Crippen LogP contribution in [0.3, 0.4) is 0 Å². The minimum absolute atomic E-state index is 0.0993. The summed E-state index contributed by atoms with van der Waals surface area (Å²) in [5.41, 5.74) is 1.23. The Morgan fingerprint density at radius 2 is 1.08 bits per heavy atom. The van der Waals surface area contributed by atoms with Crippen molar-refractivity contribution in [2.75, 3.05) is 13.2 Å². The molecule has 2 aliphatic rings. The summed E-state index contributed by atoms with van der Waals surface area (Å²) in [7, 11) is 0. The number of hydrogen-bond donors (Lipinski definition) is 9. The van der Waals surface area contributed by atoms with Gasteiger partial charge in [-0.15, -0.1) is 0 Å². The average Bonchev–Trinajstić information content (AvgIpc) is 2.93. The lowest BCUT2D eigenvalue weighted by Gasteiger charge is -2.39. The first kappa shape index (κ1) is 29.2. The van der Waals surface area contributed by atoms with E-state index in [9.17, 15) is 46.0 Å². The van der Waals surface area contributed by atoms with Gasteiger partial charge in [0, 0.05) is 6.07 Å². The van der Waals surface area contributed by atoms with Gasteiger partial charge < -0.3 is 64.9 Å². The Hall–Kier alpha value is -2.82. The van der Waals surface area contributed by atoms with Crippen LogP contribution in [0.5, 0.6) is 17.2 Å². The van der Waals surface area contributed by atoms with Crippen LogP contribution in [0.1, 0.15) is 11.1 Å². The number of hydrogen-bond acceptors (Lipinski definition) is 13. The van der Waals surface area contributed by atoms with E-state index in [2.05, 4.69) is 0 Å². The van der Waals surface area contributed by atoms with E-state index in [-0.39, 0.29) is 11.5 Å². The summed E-state index contributed by atoms with van der Waals surface area (Å²) in [5.74, 6) is 0.242. The smallest absolute Gasteiger partial charge is 0.229 e. The molecule has 0 saturated carbocycles. The Balaban J connectivity index is 1.40. The van der Waals surface area contributed by atoms with E-state index < -0.39 is 74.6 Å². The SMILES string of the molecule is OC[C@H]1O[C@@H](Oc2ccc(/C=C/c3cc(O)cc(O[C@@H]4O[C@H](CO)[C@H](O)[C@H](O)[C@H]4O)c3)cc2)[C@H](O)[C@@H](O)[C@H]1O. The van der Waals surface area contributed by atoms with E-state index in [4.69, 9.17) is 18.9 Å². The van der Waals surface area contributed by atoms with Gasteiger partial charge in [-0.05, 0) is 35.4 Å². The van der Waals surface area contributed by atoms with Gasteiger partial charge in [-0.25, -0.2) is 0 Å². The number of aliphatic hydroxyl groups is 8. The normalized spacial score (nSPS) is 35.2. The molecule has 0 amide bonds. The highest BCUT2D eigenvalue weighted by molar-refractivity contribution is 5.71. The van der Waals surface area contributed by atoms with Crippen molar-refractivity contribution in [2.45, 2.75) is 61.4 Å². The molecule has 0 radical (unpaired) electrons. The highest BCUT2D eigenvalue weighted by atomic mass is 16.7. The Kier molecular flexibility index (Phi) is 9.40. The zero-order valence-corrected chi connectivity index (χ0v) is 20.5. The van der Waals surface area contributed by atoms with Crippen LogP contribution in [-0.4, -0.2) is 121 Å². The summed E-state index contributed by atoms with van der Waals surface area (Å²) in [6, 6.07) is 10.8. The largest absolute Gasteiger partial charge is 0.508 e. The second kappa shape index (κ2) is 12.6. The molecule has 2 heterocycles. The third-order valence-electron chi connectivity index (χ3n) is 6.46. The third-order valence-corrected chi connectivity index (χ3v) is 6.46. The lowest BCUT2D eigenvalue weighted by molar-refractivity contribution is -0.277. The van der Waals surface area contributed by atoms with Gasteiger partial charge in [0.2, 0.25) is 12.6 Å². The minimum Gasteiger partial charge on any atom is -0.508 e. The first-order valence-electron chi connectivity index (χ1n) is 12.2. The van der Waals surface area contributed by atoms with Crippen molar-refractivity contribution < 1.29 is 64.9 Å². The van der Waals surface area contributed by atoms with Crippen LogP contribution < -0.4 is 9.47 Å². The number of aromatic hydroxyl groups is 1. The van der Waals surface area contributed by atoms with Crippen LogP contribution >= 0.6 is 0 Å². The molecule has 0 aromatic heterocycles. The van der Waals surface area contributed by atoms with Gasteiger partial charge in [0.25, 0.3) is 0 Å². The van der Waals surface area contributed by atoms with Crippen molar-refractivity contribution in [1.29, 1.82) is 0 Å². The van der Waals surface area contributed by atoms with Gasteiger partial charge in [0.1, 0.15) is 66.1 Å². The summed E-state index contributed by atoms with van der Waals surface area (Å²) >= 11 is 0. The van der Waals surface area contributed by atoms with Gasteiger partial charge >= 0.3 is 0 Å². The second-order valence-electron chi connectivity index (χ2n) is 9.29. The Labute approximate surface area is 222 Å². The van der Waals surface area contributed by atoms with Crippen molar-refractivity contribution >= 4 is 12.2 Å². The molecular weight excluding hydrogens is 520 g/mol. The molecule has 0 aliphatic carbocycles. The van der Waals surface area contributed by atoms with Crippen LogP contribution in [0, 0.1) is 0 Å². The van der Waals surface area contributed by atoms with E-state index in [1.807, 2.05) is 0 Å². The van der Waals surface area contributed by atoms with Crippen LogP contribution in [0.4, 0.5) is 0 Å². The number of aliphatic hydroxyl groups excluding tert-OH is 8. The van der Waals surface area contributed by atoms with E-state index in [0.717, 1.165) is 5.56 Å². The summed E-state index contributed by atoms with van der Waals surface area (Å²) < 4.78 is 21.8. The summed E-state index contributed by atoms with van der Waals surface area (Å²) in [6.07, 6.45) is -10.9. The van der Waals surface area contributed by atoms with Crippen molar-refractivity contribution in [3.8, 4) is 17.2 Å². The summed E-state index contributed by atoms with van der Waals surface area (Å²) in [5, 5.41) is 88.7. The molecule has 0 bridgehead atoms. The number of rotatable bonds is 8. The topological polar surface area (TPSA) is 219 Å². The lowest BCUT2D eigenvalue weighted by Crippen LogP contribution is -2.60. The lowest BCUT2D eigenvalue weighted by atomic mass is 9.99. The molecule has 2 aliphatic heterocycles. The van der Waals surface area contributed by atoms with E-state index in [0.29, 0.717) is 11.3 Å². The minimum atomic E-state index is -1.61. The molecule has 2 saturated heterocycles. The van der Waals surface area contributed by atoms with Crippen LogP contribution in [0.15, 0.2) is 42.5 Å². The zero-order valence-electron chi connectivity index (χ0n) is 20.5. The molecule has 2 aromatic rings. The summed E-state index contributed by atoms with van der Waals surface area (Å²) in [4.78, 5) is 0. The fourth-order valence-corrected chi connectivity index (χ4v) is 4.22. The van der Waals surface area contributed by atoms with Crippen molar-refractivity contribution in [3.05, 3.63) is 53.6 Å². The van der Waals surface area contributed by atoms with Gasteiger partial charge in [-0.1, -0.05) is 24.3 Å². The molecule has 2 fully saturated rings. The second-order valence-corrected chi connectivity index (χ2v) is 9.29. The van der Waals surface area contributed by atoms with Crippen LogP contribution in [-0.2, 0) is 9.47 Å². The molecule has 9 N–H and O–H groups in total. The third kappa shape index (κ3) is 6.67. The fraction of sp³-hybridized carbons (Fsp3) is 0.462. The molecule has 13 nitrogen and oxygen atoms in total. The van der Waals surface area contributed by atoms with Crippen molar-refractivity contribution in [2.24, 2.45) is 0 Å².